The average Bonchev–Trinajstić information content (AvgIpc) is 2.89. The van der Waals surface area contributed by atoms with E-state index in [1.54, 1.807) is 6.07 Å². The van der Waals surface area contributed by atoms with E-state index in [0.29, 0.717) is 5.69 Å². The lowest BCUT2D eigenvalue weighted by molar-refractivity contribution is 0.102. The first-order valence-corrected chi connectivity index (χ1v) is 12.9. The Morgan fingerprint density at radius 2 is 1.63 bits per heavy atom. The molecule has 3 aromatic carbocycles. The zero-order valence-electron chi connectivity index (χ0n) is 19.4. The number of sulfonamides is 1. The molecule has 1 aliphatic rings. The van der Waals surface area contributed by atoms with Crippen molar-refractivity contribution in [2.45, 2.75) is 11.4 Å². The van der Waals surface area contributed by atoms with Gasteiger partial charge in [0.15, 0.2) is 0 Å². The number of rotatable bonds is 8. The number of hydrogen-bond acceptors (Lipinski definition) is 5. The lowest BCUT2D eigenvalue weighted by Crippen LogP contribution is -2.45. The van der Waals surface area contributed by atoms with Crippen molar-refractivity contribution in [3.8, 4) is 12.3 Å². The van der Waals surface area contributed by atoms with E-state index in [9.17, 15) is 13.2 Å². The third-order valence-corrected chi connectivity index (χ3v) is 7.28. The quantitative estimate of drug-likeness (QED) is 0.476. The number of carbonyl (C=O) groups excluding carboxylic acids is 1. The van der Waals surface area contributed by atoms with E-state index in [1.807, 2.05) is 30.3 Å². The Morgan fingerprint density at radius 1 is 0.914 bits per heavy atom. The maximum Gasteiger partial charge on any atom is 0.255 e. The minimum Gasteiger partial charge on any atom is -0.369 e. The monoisotopic (exact) mass is 488 g/mol. The molecule has 1 aliphatic heterocycles. The van der Waals surface area contributed by atoms with E-state index < -0.39 is 10.0 Å². The summed E-state index contributed by atoms with van der Waals surface area (Å²) in [4.78, 5) is 17.5. The second kappa shape index (κ2) is 11.2. The molecule has 7 nitrogen and oxygen atoms in total. The molecule has 8 heteroatoms. The summed E-state index contributed by atoms with van der Waals surface area (Å²) < 4.78 is 26.8. The zero-order valence-corrected chi connectivity index (χ0v) is 20.2. The first-order valence-electron chi connectivity index (χ1n) is 11.4. The fraction of sp³-hybridized carbons (Fsp3) is 0.222. The molecule has 180 valence electrons. The zero-order chi connectivity index (χ0) is 24.7. The first kappa shape index (κ1) is 24.5. The SMILES string of the molecule is C#CCNS(=O)(=O)c1cccc(C(=O)Nc2ccc(N3CCN(Cc4ccccc4)CC3)cc2)c1. The molecule has 0 bridgehead atoms. The summed E-state index contributed by atoms with van der Waals surface area (Å²) in [6.45, 7) is 4.70. The van der Waals surface area contributed by atoms with Gasteiger partial charge >= 0.3 is 0 Å². The fourth-order valence-electron chi connectivity index (χ4n) is 3.99. The number of anilines is 2. The number of nitrogens with one attached hydrogen (secondary N) is 2. The summed E-state index contributed by atoms with van der Waals surface area (Å²) in [6, 6.07) is 24.0. The van der Waals surface area contributed by atoms with Crippen molar-refractivity contribution in [2.24, 2.45) is 0 Å². The van der Waals surface area contributed by atoms with Crippen LogP contribution >= 0.6 is 0 Å². The van der Waals surface area contributed by atoms with Gasteiger partial charge < -0.3 is 10.2 Å². The van der Waals surface area contributed by atoms with Crippen LogP contribution in [0.3, 0.4) is 0 Å². The van der Waals surface area contributed by atoms with Crippen LogP contribution in [0.15, 0.2) is 83.8 Å². The van der Waals surface area contributed by atoms with Crippen molar-refractivity contribution in [3.63, 3.8) is 0 Å². The third-order valence-electron chi connectivity index (χ3n) is 5.88. The van der Waals surface area contributed by atoms with Crippen molar-refractivity contribution in [1.82, 2.24) is 9.62 Å². The summed E-state index contributed by atoms with van der Waals surface area (Å²) in [5.74, 6) is 1.84. The van der Waals surface area contributed by atoms with Crippen molar-refractivity contribution >= 4 is 27.3 Å². The maximum atomic E-state index is 12.7. The molecule has 0 spiro atoms. The molecule has 1 saturated heterocycles. The van der Waals surface area contributed by atoms with Crippen LogP contribution in [-0.4, -0.2) is 51.9 Å². The largest absolute Gasteiger partial charge is 0.369 e. The van der Waals surface area contributed by atoms with Crippen molar-refractivity contribution < 1.29 is 13.2 Å². The molecule has 2 N–H and O–H groups in total. The second-order valence-electron chi connectivity index (χ2n) is 8.31. The van der Waals surface area contributed by atoms with E-state index in [-0.39, 0.29) is 22.9 Å². The molecular formula is C27H28N4O3S. The van der Waals surface area contributed by atoms with Gasteiger partial charge in [0, 0.05) is 49.7 Å². The molecule has 0 aromatic heterocycles. The molecule has 4 rings (SSSR count). The highest BCUT2D eigenvalue weighted by Gasteiger charge is 2.18. The van der Waals surface area contributed by atoms with Crippen LogP contribution in [0.1, 0.15) is 15.9 Å². The molecule has 0 saturated carbocycles. The highest BCUT2D eigenvalue weighted by Crippen LogP contribution is 2.21. The van der Waals surface area contributed by atoms with Gasteiger partial charge in [-0.25, -0.2) is 8.42 Å². The predicted molar refractivity (Wildman–Crippen MR) is 139 cm³/mol. The van der Waals surface area contributed by atoms with Crippen LogP contribution in [-0.2, 0) is 16.6 Å². The van der Waals surface area contributed by atoms with Crippen LogP contribution in [0.4, 0.5) is 11.4 Å². The van der Waals surface area contributed by atoms with Gasteiger partial charge in [0.2, 0.25) is 10.0 Å². The van der Waals surface area contributed by atoms with E-state index in [1.165, 1.54) is 23.8 Å². The molecule has 0 atom stereocenters. The Balaban J connectivity index is 1.33. The van der Waals surface area contributed by atoms with E-state index >= 15 is 0 Å². The number of hydrogen-bond donors (Lipinski definition) is 2. The molecule has 35 heavy (non-hydrogen) atoms. The number of amides is 1. The lowest BCUT2D eigenvalue weighted by Gasteiger charge is -2.36. The van der Waals surface area contributed by atoms with Crippen LogP contribution < -0.4 is 14.9 Å². The second-order valence-corrected chi connectivity index (χ2v) is 10.1. The highest BCUT2D eigenvalue weighted by molar-refractivity contribution is 7.89. The van der Waals surface area contributed by atoms with E-state index in [2.05, 4.69) is 50.0 Å². The summed E-state index contributed by atoms with van der Waals surface area (Å²) in [7, 11) is -3.77. The molecule has 1 amide bonds. The maximum absolute atomic E-state index is 12.7. The van der Waals surface area contributed by atoms with Gasteiger partial charge in [0.25, 0.3) is 5.91 Å². The summed E-state index contributed by atoms with van der Waals surface area (Å²) in [5.41, 5.74) is 3.32. The fourth-order valence-corrected chi connectivity index (χ4v) is 4.97. The number of nitrogens with zero attached hydrogens (tertiary/aromatic N) is 2. The van der Waals surface area contributed by atoms with Gasteiger partial charge in [-0.05, 0) is 48.0 Å². The molecule has 1 heterocycles. The van der Waals surface area contributed by atoms with Crippen molar-refractivity contribution in [3.05, 3.63) is 90.0 Å². The molecule has 0 radical (unpaired) electrons. The highest BCUT2D eigenvalue weighted by atomic mass is 32.2. The van der Waals surface area contributed by atoms with Gasteiger partial charge in [0.05, 0.1) is 11.4 Å². The Labute approximate surface area is 206 Å². The number of piperazine rings is 1. The molecule has 0 unspecified atom stereocenters. The summed E-state index contributed by atoms with van der Waals surface area (Å²) in [5, 5.41) is 2.83. The van der Waals surface area contributed by atoms with Gasteiger partial charge in [-0.3, -0.25) is 9.69 Å². The van der Waals surface area contributed by atoms with Crippen LogP contribution in [0.5, 0.6) is 0 Å². The van der Waals surface area contributed by atoms with Crippen molar-refractivity contribution in [2.75, 3.05) is 42.9 Å². The normalized spacial score (nSPS) is 14.3. The van der Waals surface area contributed by atoms with Gasteiger partial charge in [0.1, 0.15) is 0 Å². The van der Waals surface area contributed by atoms with Gasteiger partial charge in [-0.15, -0.1) is 6.42 Å². The third kappa shape index (κ3) is 6.49. The lowest BCUT2D eigenvalue weighted by atomic mass is 10.2. The predicted octanol–water partition coefficient (Wildman–Crippen LogP) is 3.17. The van der Waals surface area contributed by atoms with Crippen molar-refractivity contribution in [1.29, 1.82) is 0 Å². The smallest absolute Gasteiger partial charge is 0.255 e. The van der Waals surface area contributed by atoms with Crippen LogP contribution in [0, 0.1) is 12.3 Å². The van der Waals surface area contributed by atoms with E-state index in [4.69, 9.17) is 6.42 Å². The molecular weight excluding hydrogens is 460 g/mol. The number of benzene rings is 3. The minimum atomic E-state index is -3.77. The van der Waals surface area contributed by atoms with Gasteiger partial charge in [-0.2, -0.15) is 4.72 Å². The number of terminal acetylenes is 1. The molecule has 0 aliphatic carbocycles. The van der Waals surface area contributed by atoms with Crippen LogP contribution in [0.2, 0.25) is 0 Å². The Bertz CT molecular complexity index is 1290. The standard InChI is InChI=1S/C27H28N4O3S/c1-2-15-28-35(33,34)26-10-6-9-23(20-26)27(32)29-24-11-13-25(14-12-24)31-18-16-30(17-19-31)21-22-7-4-3-5-8-22/h1,3-14,20,28H,15-19,21H2,(H,29,32). The van der Waals surface area contributed by atoms with Crippen LogP contribution in [0.25, 0.3) is 0 Å². The average molecular weight is 489 g/mol. The summed E-state index contributed by atoms with van der Waals surface area (Å²) in [6.07, 6.45) is 5.12. The molecule has 1 fully saturated rings. The Morgan fingerprint density at radius 3 is 2.31 bits per heavy atom. The van der Waals surface area contributed by atoms with Gasteiger partial charge in [-0.1, -0.05) is 42.3 Å². The Hall–Kier alpha value is -3.64. The minimum absolute atomic E-state index is 0.0119. The Kier molecular flexibility index (Phi) is 7.83. The first-order chi connectivity index (χ1) is 16.9. The van der Waals surface area contributed by atoms with E-state index in [0.717, 1.165) is 38.4 Å². The number of carbonyl (C=O) groups is 1. The topological polar surface area (TPSA) is 81.7 Å². The summed E-state index contributed by atoms with van der Waals surface area (Å²) >= 11 is 0. The molecule has 3 aromatic rings.